The smallest absolute Gasteiger partial charge is 0.309 e. The van der Waals surface area contributed by atoms with E-state index < -0.39 is 11.9 Å². The average Bonchev–Trinajstić information content (AvgIpc) is 3.55. The van der Waals surface area contributed by atoms with Crippen LogP contribution in [0.3, 0.4) is 0 Å². The van der Waals surface area contributed by atoms with Crippen molar-refractivity contribution in [3.63, 3.8) is 0 Å². The van der Waals surface area contributed by atoms with E-state index in [1.54, 1.807) is 0 Å². The first-order valence-electron chi connectivity index (χ1n) is 24.1. The van der Waals surface area contributed by atoms with Crippen LogP contribution in [0.4, 0.5) is 0 Å². The van der Waals surface area contributed by atoms with Gasteiger partial charge in [-0.3, -0.25) is 19.2 Å². The van der Waals surface area contributed by atoms with Gasteiger partial charge in [0.25, 0.3) is 0 Å². The summed E-state index contributed by atoms with van der Waals surface area (Å²) in [6.07, 6.45) is 12.6. The topological polar surface area (TPSA) is 116 Å². The highest BCUT2D eigenvalue weighted by molar-refractivity contribution is 5.85. The van der Waals surface area contributed by atoms with Crippen LogP contribution in [0.5, 0.6) is 0 Å². The highest BCUT2D eigenvalue weighted by Crippen LogP contribution is 2.77. The summed E-state index contributed by atoms with van der Waals surface area (Å²) < 4.78 is 6.40. The van der Waals surface area contributed by atoms with Crippen LogP contribution < -0.4 is 5.32 Å². The van der Waals surface area contributed by atoms with E-state index in [4.69, 9.17) is 4.74 Å². The Bertz CT molecular complexity index is 1700. The summed E-state index contributed by atoms with van der Waals surface area (Å²) in [5.74, 6) is 1.07. The van der Waals surface area contributed by atoms with Gasteiger partial charge in [0.15, 0.2) is 0 Å². The predicted octanol–water partition coefficient (Wildman–Crippen LogP) is 8.61. The second-order valence-corrected chi connectivity index (χ2v) is 23.3. The molecule has 16 unspecified atom stereocenters. The van der Waals surface area contributed by atoms with Crippen molar-refractivity contribution in [1.82, 2.24) is 15.1 Å². The van der Waals surface area contributed by atoms with Gasteiger partial charge in [-0.15, -0.1) is 6.58 Å². The lowest BCUT2D eigenvalue weighted by molar-refractivity contribution is -0.251. The van der Waals surface area contributed by atoms with E-state index in [0.717, 1.165) is 103 Å². The fourth-order valence-electron chi connectivity index (χ4n) is 16.8. The van der Waals surface area contributed by atoms with Crippen LogP contribution in [0.25, 0.3) is 0 Å². The normalized spacial score (nSPS) is 47.5. The molecule has 7 aliphatic carbocycles. The van der Waals surface area contributed by atoms with E-state index in [2.05, 4.69) is 77.1 Å². The number of hydrogen-bond acceptors (Lipinski definition) is 6. The zero-order valence-electron chi connectivity index (χ0n) is 38.2. The Morgan fingerprint density at radius 2 is 1.49 bits per heavy atom. The molecule has 7 saturated carbocycles. The lowest BCUT2D eigenvalue weighted by Gasteiger charge is -2.73. The van der Waals surface area contributed by atoms with E-state index in [1.807, 2.05) is 6.92 Å². The number of nitrogens with one attached hydrogen (secondary N) is 1. The number of esters is 1. The number of carbonyl (C=O) groups is 4. The second-order valence-electron chi connectivity index (χ2n) is 23.3. The fraction of sp³-hybridized carbons (Fsp3) is 0.880. The van der Waals surface area contributed by atoms with Crippen molar-refractivity contribution in [2.24, 2.45) is 86.3 Å². The molecule has 0 aromatic rings. The molecule has 8 aliphatic rings. The molecule has 1 saturated heterocycles. The van der Waals surface area contributed by atoms with E-state index >= 15 is 4.79 Å². The third-order valence-corrected chi connectivity index (χ3v) is 20.8. The van der Waals surface area contributed by atoms with Crippen LogP contribution in [0.15, 0.2) is 12.2 Å². The first-order valence-corrected chi connectivity index (χ1v) is 24.1. The van der Waals surface area contributed by atoms with Gasteiger partial charge < -0.3 is 25.0 Å². The Labute approximate surface area is 356 Å². The number of hydrogen-bond donors (Lipinski definition) is 2. The van der Waals surface area contributed by atoms with Crippen LogP contribution in [0.1, 0.15) is 146 Å². The SMILES string of the molecule is C=C(C)CC1CCC2(C(=O)NC3CC(C(=O)N4CCN(CC)CC4)C3C)CCC3(C)C(CCC4C5(C)CCC(OC(=O)C6CC(C(=O)O)C6C)C(C)(C)C5CCC43C)C12. The minimum atomic E-state index is -0.808. The molecule has 0 bridgehead atoms. The quantitative estimate of drug-likeness (QED) is 0.177. The van der Waals surface area contributed by atoms with Gasteiger partial charge in [0.05, 0.1) is 17.3 Å². The minimum absolute atomic E-state index is 0.00741. The maximum Gasteiger partial charge on any atom is 0.309 e. The molecule has 8 rings (SSSR count). The molecule has 0 radical (unpaired) electrons. The van der Waals surface area contributed by atoms with Crippen molar-refractivity contribution in [3.05, 3.63) is 12.2 Å². The van der Waals surface area contributed by atoms with Crippen LogP contribution in [0, 0.1) is 86.3 Å². The number of amides is 2. The summed E-state index contributed by atoms with van der Waals surface area (Å²) in [7, 11) is 0. The monoisotopic (exact) mass is 818 g/mol. The Balaban J connectivity index is 0.980. The molecule has 1 aliphatic heterocycles. The molecule has 1 heterocycles. The van der Waals surface area contributed by atoms with Crippen molar-refractivity contribution in [2.75, 3.05) is 32.7 Å². The van der Waals surface area contributed by atoms with Gasteiger partial charge in [-0.25, -0.2) is 0 Å². The highest BCUT2D eigenvalue weighted by Gasteiger charge is 2.72. The largest absolute Gasteiger partial charge is 0.481 e. The number of aliphatic carboxylic acids is 1. The average molecular weight is 818 g/mol. The molecule has 2 N–H and O–H groups in total. The van der Waals surface area contributed by atoms with Crippen LogP contribution in [0.2, 0.25) is 0 Å². The van der Waals surface area contributed by atoms with Gasteiger partial charge in [-0.1, -0.05) is 61.0 Å². The van der Waals surface area contributed by atoms with E-state index in [0.29, 0.717) is 36.0 Å². The molecule has 2 amide bonds. The zero-order chi connectivity index (χ0) is 42.6. The summed E-state index contributed by atoms with van der Waals surface area (Å²) in [6.45, 7) is 29.9. The van der Waals surface area contributed by atoms with Gasteiger partial charge in [-0.05, 0) is 155 Å². The van der Waals surface area contributed by atoms with Crippen molar-refractivity contribution >= 4 is 23.8 Å². The molecule has 0 aromatic heterocycles. The minimum Gasteiger partial charge on any atom is -0.481 e. The number of rotatable bonds is 9. The standard InChI is InChI=1S/C50H79N3O6/c1-11-52-22-24-53(25-23-52)42(54)33-28-37(31(33)5)51-45(58)50-19-14-32(26-29(2)3)41(50)36-12-13-39-47(8)17-16-40(59-44(57)35-27-34(30(35)4)43(55)56)46(6,7)38(47)15-18-49(39,10)48(36,9)20-21-50/h30-41H,2,11-28H2,1,3-10H3,(H,51,58)(H,55,56). The molecule has 8 fully saturated rings. The van der Waals surface area contributed by atoms with Gasteiger partial charge in [-0.2, -0.15) is 0 Å². The zero-order valence-corrected chi connectivity index (χ0v) is 38.2. The lowest BCUT2D eigenvalue weighted by atomic mass is 9.32. The molecule has 0 aromatic carbocycles. The van der Waals surface area contributed by atoms with E-state index in [-0.39, 0.29) is 80.7 Å². The first kappa shape index (κ1) is 43.2. The molecule has 16 atom stereocenters. The maximum atomic E-state index is 15.0. The maximum absolute atomic E-state index is 15.0. The van der Waals surface area contributed by atoms with Crippen LogP contribution in [-0.2, 0) is 23.9 Å². The van der Waals surface area contributed by atoms with Gasteiger partial charge >= 0.3 is 11.9 Å². The molecular formula is C50H79N3O6. The highest BCUT2D eigenvalue weighted by atomic mass is 16.5. The van der Waals surface area contributed by atoms with Crippen LogP contribution in [-0.4, -0.2) is 83.5 Å². The predicted molar refractivity (Wildman–Crippen MR) is 230 cm³/mol. The Hall–Kier alpha value is -2.42. The summed E-state index contributed by atoms with van der Waals surface area (Å²) in [5, 5.41) is 13.2. The molecule has 0 spiro atoms. The van der Waals surface area contributed by atoms with Crippen molar-refractivity contribution in [2.45, 2.75) is 158 Å². The number of nitrogens with zero attached hydrogens (tertiary/aromatic N) is 2. The number of allylic oxidation sites excluding steroid dienone is 1. The lowest BCUT2D eigenvalue weighted by Crippen LogP contribution is -2.68. The molecular weight excluding hydrogens is 739 g/mol. The first-order chi connectivity index (χ1) is 27.7. The third kappa shape index (κ3) is 6.51. The number of carboxylic acids is 1. The molecule has 9 nitrogen and oxygen atoms in total. The van der Waals surface area contributed by atoms with Gasteiger partial charge in [0.1, 0.15) is 6.10 Å². The number of carbonyl (C=O) groups excluding carboxylic acids is 3. The number of piperazine rings is 1. The Morgan fingerprint density at radius 3 is 2.12 bits per heavy atom. The molecule has 330 valence electrons. The van der Waals surface area contributed by atoms with Gasteiger partial charge in [0.2, 0.25) is 11.8 Å². The molecule has 9 heteroatoms. The number of fused-ring (bicyclic) bond motifs is 7. The summed E-state index contributed by atoms with van der Waals surface area (Å²) in [4.78, 5) is 58.2. The van der Waals surface area contributed by atoms with Crippen molar-refractivity contribution < 1.29 is 29.0 Å². The van der Waals surface area contributed by atoms with Crippen molar-refractivity contribution in [3.8, 4) is 0 Å². The number of carboxylic acid groups (broad SMARTS) is 1. The summed E-state index contributed by atoms with van der Waals surface area (Å²) in [5.41, 5.74) is 1.09. The number of ether oxygens (including phenoxy) is 1. The van der Waals surface area contributed by atoms with Crippen molar-refractivity contribution in [1.29, 1.82) is 0 Å². The van der Waals surface area contributed by atoms with E-state index in [1.165, 1.54) is 12.0 Å². The Morgan fingerprint density at radius 1 is 0.780 bits per heavy atom. The van der Waals surface area contributed by atoms with E-state index in [9.17, 15) is 19.5 Å². The fourth-order valence-corrected chi connectivity index (χ4v) is 16.8. The van der Waals surface area contributed by atoms with Crippen LogP contribution >= 0.6 is 0 Å². The summed E-state index contributed by atoms with van der Waals surface area (Å²) >= 11 is 0. The molecule has 59 heavy (non-hydrogen) atoms. The second kappa shape index (κ2) is 15.1. The summed E-state index contributed by atoms with van der Waals surface area (Å²) in [6, 6.07) is 0.0666. The van der Waals surface area contributed by atoms with Gasteiger partial charge in [0, 0.05) is 43.6 Å². The third-order valence-electron chi connectivity index (χ3n) is 20.8. The number of likely N-dealkylation sites (N-methyl/N-ethyl adjacent to an activating group) is 1. The Kier molecular flexibility index (Phi) is 11.1.